The zero-order valence-corrected chi connectivity index (χ0v) is 17.6. The van der Waals surface area contributed by atoms with Crippen LogP contribution in [0, 0.1) is 0 Å². The summed E-state index contributed by atoms with van der Waals surface area (Å²) in [6, 6.07) is 14.2. The number of carbonyl (C=O) groups excluding carboxylic acids is 1. The van der Waals surface area contributed by atoms with Gasteiger partial charge in [0.2, 0.25) is 5.56 Å². The Morgan fingerprint density at radius 3 is 2.41 bits per heavy atom. The highest BCUT2D eigenvalue weighted by molar-refractivity contribution is 7.90. The molecule has 0 unspecified atom stereocenters. The van der Waals surface area contributed by atoms with Gasteiger partial charge in [0.1, 0.15) is 17.2 Å². The molecule has 0 saturated carbocycles. The average Bonchev–Trinajstić information content (AvgIpc) is 3.28. The molecule has 32 heavy (non-hydrogen) atoms. The molecule has 0 spiro atoms. The Kier molecular flexibility index (Phi) is 5.61. The molecule has 0 aliphatic heterocycles. The lowest BCUT2D eigenvalue weighted by atomic mass is 10.1. The van der Waals surface area contributed by atoms with Crippen molar-refractivity contribution in [1.29, 1.82) is 0 Å². The molecule has 0 aliphatic rings. The van der Waals surface area contributed by atoms with Crippen LogP contribution in [0.5, 0.6) is 11.5 Å². The highest BCUT2D eigenvalue weighted by Gasteiger charge is 2.12. The van der Waals surface area contributed by atoms with Gasteiger partial charge in [-0.15, -0.1) is 0 Å². The molecule has 3 N–H and O–H groups in total. The Morgan fingerprint density at radius 1 is 0.969 bits per heavy atom. The van der Waals surface area contributed by atoms with E-state index in [1.165, 1.54) is 36.9 Å². The number of rotatable bonds is 6. The zero-order valence-electron chi connectivity index (χ0n) is 16.8. The maximum atomic E-state index is 12.4. The fourth-order valence-corrected chi connectivity index (χ4v) is 3.62. The van der Waals surface area contributed by atoms with Crippen LogP contribution in [0.4, 0.5) is 5.69 Å². The van der Waals surface area contributed by atoms with Crippen molar-refractivity contribution >= 4 is 21.4 Å². The lowest BCUT2D eigenvalue weighted by Gasteiger charge is -2.12. The molecule has 10 heteroatoms. The van der Waals surface area contributed by atoms with Crippen molar-refractivity contribution in [2.24, 2.45) is 0 Å². The number of anilines is 1. The number of hydrogen-bond acceptors (Lipinski definition) is 6. The summed E-state index contributed by atoms with van der Waals surface area (Å²) in [5.74, 6) is 0.398. The monoisotopic (exact) mass is 450 g/mol. The summed E-state index contributed by atoms with van der Waals surface area (Å²) in [6.45, 7) is 0. The van der Waals surface area contributed by atoms with E-state index in [4.69, 9.17) is 4.74 Å². The second-order valence-electron chi connectivity index (χ2n) is 6.95. The molecule has 2 aromatic carbocycles. The number of carbonyl (C=O) groups is 1. The van der Waals surface area contributed by atoms with Crippen molar-refractivity contribution in [2.45, 2.75) is 4.90 Å². The molecule has 1 amide bonds. The van der Waals surface area contributed by atoms with Gasteiger partial charge in [-0.1, -0.05) is 0 Å². The van der Waals surface area contributed by atoms with E-state index < -0.39 is 15.7 Å². The lowest BCUT2D eigenvalue weighted by molar-refractivity contribution is 0.102. The Labute approximate surface area is 183 Å². The summed E-state index contributed by atoms with van der Waals surface area (Å²) in [4.78, 5) is 33.5. The van der Waals surface area contributed by atoms with Crippen LogP contribution in [0.3, 0.4) is 0 Å². The minimum absolute atomic E-state index is 0.176. The Bertz CT molecular complexity index is 1430. The average molecular weight is 450 g/mol. The van der Waals surface area contributed by atoms with Crippen LogP contribution in [-0.4, -0.2) is 35.5 Å². The van der Waals surface area contributed by atoms with Crippen molar-refractivity contribution in [3.05, 3.63) is 89.4 Å². The summed E-state index contributed by atoms with van der Waals surface area (Å²) in [7, 11) is -3.32. The number of nitrogens with zero attached hydrogens (tertiary/aromatic N) is 1. The van der Waals surface area contributed by atoms with Crippen LogP contribution >= 0.6 is 0 Å². The van der Waals surface area contributed by atoms with Crippen molar-refractivity contribution in [3.8, 4) is 22.6 Å². The van der Waals surface area contributed by atoms with Crippen LogP contribution in [-0.2, 0) is 9.84 Å². The number of H-pyrrole nitrogens is 2. The van der Waals surface area contributed by atoms with Gasteiger partial charge >= 0.3 is 0 Å². The number of pyridine rings is 1. The molecule has 0 atom stereocenters. The molecular weight excluding hydrogens is 432 g/mol. The lowest BCUT2D eigenvalue weighted by Crippen LogP contribution is -2.12. The van der Waals surface area contributed by atoms with E-state index in [0.717, 1.165) is 6.26 Å². The van der Waals surface area contributed by atoms with Crippen LogP contribution in [0.25, 0.3) is 11.1 Å². The Morgan fingerprint density at radius 2 is 1.75 bits per heavy atom. The van der Waals surface area contributed by atoms with Gasteiger partial charge in [-0.05, 0) is 53.6 Å². The molecule has 0 fully saturated rings. The first-order chi connectivity index (χ1) is 15.3. The van der Waals surface area contributed by atoms with Crippen LogP contribution < -0.4 is 15.6 Å². The summed E-state index contributed by atoms with van der Waals surface area (Å²) in [5, 5.41) is 2.77. The zero-order chi connectivity index (χ0) is 22.7. The van der Waals surface area contributed by atoms with Gasteiger partial charge in [0.25, 0.3) is 5.91 Å². The highest BCUT2D eigenvalue weighted by atomic mass is 32.2. The third-order valence-electron chi connectivity index (χ3n) is 4.50. The van der Waals surface area contributed by atoms with Gasteiger partial charge in [-0.2, -0.15) is 0 Å². The SMILES string of the molecule is CS(=O)(=O)c1ccc(Oc2cc(NC(=O)c3cnc[nH]3)cc(-c3cc[nH]c(=O)c3)c2)cc1. The van der Waals surface area contributed by atoms with E-state index in [0.29, 0.717) is 28.3 Å². The quantitative estimate of drug-likeness (QED) is 0.413. The number of nitrogens with one attached hydrogen (secondary N) is 3. The summed E-state index contributed by atoms with van der Waals surface area (Å²) in [5.41, 5.74) is 1.72. The normalized spacial score (nSPS) is 11.2. The Balaban J connectivity index is 1.69. The maximum Gasteiger partial charge on any atom is 0.273 e. The standard InChI is InChI=1S/C22H18N4O5S/c1-32(29,30)19-4-2-17(3-5-19)31-18-9-15(14-6-7-24-21(27)10-14)8-16(11-18)26-22(28)20-12-23-13-25-20/h2-13H,1H3,(H,23,25)(H,24,27)(H,26,28). The molecule has 0 bridgehead atoms. The van der Waals surface area contributed by atoms with E-state index in [-0.39, 0.29) is 16.1 Å². The maximum absolute atomic E-state index is 12.4. The van der Waals surface area contributed by atoms with Gasteiger partial charge in [0.15, 0.2) is 9.84 Å². The molecule has 162 valence electrons. The van der Waals surface area contributed by atoms with Crippen molar-refractivity contribution in [2.75, 3.05) is 11.6 Å². The van der Waals surface area contributed by atoms with Gasteiger partial charge in [-0.3, -0.25) is 9.59 Å². The molecule has 0 radical (unpaired) electrons. The molecule has 2 aromatic heterocycles. The minimum atomic E-state index is -3.32. The van der Waals surface area contributed by atoms with E-state index in [2.05, 4.69) is 20.3 Å². The topological polar surface area (TPSA) is 134 Å². The largest absolute Gasteiger partial charge is 0.457 e. The van der Waals surface area contributed by atoms with E-state index >= 15 is 0 Å². The number of hydrogen-bond donors (Lipinski definition) is 3. The van der Waals surface area contributed by atoms with E-state index in [1.54, 1.807) is 36.4 Å². The predicted octanol–water partition coefficient (Wildman–Crippen LogP) is 3.21. The first-order valence-corrected chi connectivity index (χ1v) is 11.3. The fraction of sp³-hybridized carbons (Fsp3) is 0.0455. The summed E-state index contributed by atoms with van der Waals surface area (Å²) in [6.07, 6.45) is 5.45. The van der Waals surface area contributed by atoms with Crippen molar-refractivity contribution < 1.29 is 17.9 Å². The smallest absolute Gasteiger partial charge is 0.273 e. The minimum Gasteiger partial charge on any atom is -0.457 e. The van der Waals surface area contributed by atoms with Gasteiger partial charge < -0.3 is 20.0 Å². The van der Waals surface area contributed by atoms with Gasteiger partial charge in [-0.25, -0.2) is 13.4 Å². The number of sulfone groups is 1. The predicted molar refractivity (Wildman–Crippen MR) is 119 cm³/mol. The molecule has 2 heterocycles. The summed E-state index contributed by atoms with van der Waals surface area (Å²) >= 11 is 0. The first-order valence-electron chi connectivity index (χ1n) is 9.40. The van der Waals surface area contributed by atoms with E-state index in [9.17, 15) is 18.0 Å². The molecule has 0 saturated heterocycles. The molecule has 4 aromatic rings. The third-order valence-corrected chi connectivity index (χ3v) is 5.63. The number of imidazole rings is 1. The molecule has 0 aliphatic carbocycles. The van der Waals surface area contributed by atoms with Gasteiger partial charge in [0, 0.05) is 30.3 Å². The third kappa shape index (κ3) is 4.93. The molecule has 4 rings (SSSR count). The number of ether oxygens (including phenoxy) is 1. The number of aromatic nitrogens is 3. The summed E-state index contributed by atoms with van der Waals surface area (Å²) < 4.78 is 29.2. The number of aromatic amines is 2. The Hall–Kier alpha value is -4.18. The highest BCUT2D eigenvalue weighted by Crippen LogP contribution is 2.31. The van der Waals surface area contributed by atoms with Gasteiger partial charge in [0.05, 0.1) is 17.4 Å². The number of benzene rings is 2. The second-order valence-corrected chi connectivity index (χ2v) is 8.97. The molecular formula is C22H18N4O5S. The van der Waals surface area contributed by atoms with Crippen LogP contribution in [0.1, 0.15) is 10.5 Å². The van der Waals surface area contributed by atoms with E-state index in [1.807, 2.05) is 0 Å². The van der Waals surface area contributed by atoms with Crippen molar-refractivity contribution in [3.63, 3.8) is 0 Å². The molecule has 9 nitrogen and oxygen atoms in total. The van der Waals surface area contributed by atoms with Crippen molar-refractivity contribution in [1.82, 2.24) is 15.0 Å². The van der Waals surface area contributed by atoms with Crippen LogP contribution in [0.15, 0.2) is 83.0 Å². The second kappa shape index (κ2) is 8.52. The fourth-order valence-electron chi connectivity index (χ4n) is 2.99. The number of amides is 1. The first kappa shape index (κ1) is 21.1. The van der Waals surface area contributed by atoms with Crippen LogP contribution in [0.2, 0.25) is 0 Å².